The molecule has 0 radical (unpaired) electrons. The lowest BCUT2D eigenvalue weighted by Crippen LogP contribution is -2.87. The van der Waals surface area contributed by atoms with E-state index in [1.807, 2.05) is 11.4 Å². The second-order valence-electron chi connectivity index (χ2n) is 6.69. The molecule has 26 heavy (non-hydrogen) atoms. The Morgan fingerprint density at radius 2 is 2.00 bits per heavy atom. The number of carbonyl (C=O) groups excluding carboxylic acids is 2. The van der Waals surface area contributed by atoms with Gasteiger partial charge in [-0.2, -0.15) is 0 Å². The number of nitrogens with zero attached hydrogens (tertiary/aromatic N) is 1. The molecule has 2 heterocycles. The zero-order valence-corrected chi connectivity index (χ0v) is 16.1. The van der Waals surface area contributed by atoms with Crippen LogP contribution in [0.3, 0.4) is 0 Å². The van der Waals surface area contributed by atoms with Gasteiger partial charge < -0.3 is 10.6 Å². The van der Waals surface area contributed by atoms with E-state index in [4.69, 9.17) is 0 Å². The van der Waals surface area contributed by atoms with E-state index in [0.29, 0.717) is 19.0 Å². The summed E-state index contributed by atoms with van der Waals surface area (Å²) in [5.41, 5.74) is 2.52. The van der Waals surface area contributed by atoms with E-state index in [-0.39, 0.29) is 24.5 Å². The summed E-state index contributed by atoms with van der Waals surface area (Å²) in [7, 11) is 0. The fraction of sp³-hybridized carbons (Fsp3) is 0.400. The van der Waals surface area contributed by atoms with Gasteiger partial charge >= 0.3 is 6.03 Å². The maximum Gasteiger partial charge on any atom is 0.324 e. The Morgan fingerprint density at radius 1 is 1.27 bits per heavy atom. The first-order valence-electron chi connectivity index (χ1n) is 9.15. The number of thiophene rings is 1. The van der Waals surface area contributed by atoms with Gasteiger partial charge in [0.05, 0.1) is 4.88 Å². The van der Waals surface area contributed by atoms with Crippen LogP contribution >= 0.6 is 11.3 Å². The Morgan fingerprint density at radius 3 is 2.58 bits per heavy atom. The molecular weight excluding hydrogens is 346 g/mol. The number of rotatable bonds is 7. The highest BCUT2D eigenvalue weighted by Crippen LogP contribution is 2.25. The third-order valence-electron chi connectivity index (χ3n) is 5.01. The van der Waals surface area contributed by atoms with Crippen LogP contribution in [0.15, 0.2) is 41.8 Å². The molecule has 3 rings (SSSR count). The van der Waals surface area contributed by atoms with Gasteiger partial charge in [-0.25, -0.2) is 4.79 Å². The van der Waals surface area contributed by atoms with Crippen molar-refractivity contribution in [1.29, 1.82) is 0 Å². The Bertz CT molecular complexity index is 743. The van der Waals surface area contributed by atoms with E-state index in [2.05, 4.69) is 54.9 Å². The highest BCUT2D eigenvalue weighted by atomic mass is 32.1. The predicted molar refractivity (Wildman–Crippen MR) is 103 cm³/mol. The first-order valence-corrected chi connectivity index (χ1v) is 10.0. The van der Waals surface area contributed by atoms with Crippen molar-refractivity contribution in [3.8, 4) is 0 Å². The molecule has 1 aliphatic heterocycles. The minimum atomic E-state index is -0.283. The summed E-state index contributed by atoms with van der Waals surface area (Å²) >= 11 is 1.69. The normalized spacial score (nSPS) is 16.4. The number of amides is 3. The van der Waals surface area contributed by atoms with Crippen molar-refractivity contribution in [3.05, 3.63) is 57.8 Å². The molecule has 0 bridgehead atoms. The van der Waals surface area contributed by atoms with Gasteiger partial charge in [-0.15, -0.1) is 11.3 Å². The third kappa shape index (κ3) is 4.14. The lowest BCUT2D eigenvalue weighted by atomic mass is 9.95. The largest absolute Gasteiger partial charge is 0.336 e. The van der Waals surface area contributed by atoms with Crippen molar-refractivity contribution < 1.29 is 14.9 Å². The van der Waals surface area contributed by atoms with Crippen LogP contribution in [0.5, 0.6) is 0 Å². The standard InChI is InChI=1S/C20H25N3O2S/c1-3-14(2)15-6-8-16(9-7-15)19(17-5-4-12-26-17)22-13-18(24)23-11-10-21-20(23)25/h4-9,12,14,19,22H,3,10-11,13H2,1-2H3,(H,21,25)/p+1/t14-,19-/m0/s1. The van der Waals surface area contributed by atoms with E-state index < -0.39 is 0 Å². The lowest BCUT2D eigenvalue weighted by Gasteiger charge is -2.18. The second kappa shape index (κ2) is 8.47. The maximum atomic E-state index is 12.4. The number of carbonyl (C=O) groups is 2. The highest BCUT2D eigenvalue weighted by molar-refractivity contribution is 7.10. The van der Waals surface area contributed by atoms with Gasteiger partial charge in [0.2, 0.25) is 0 Å². The lowest BCUT2D eigenvalue weighted by molar-refractivity contribution is -0.676. The number of benzene rings is 1. The summed E-state index contributed by atoms with van der Waals surface area (Å²) in [6, 6.07) is 12.6. The molecule has 1 aliphatic rings. The fourth-order valence-electron chi connectivity index (χ4n) is 3.19. The number of nitrogens with two attached hydrogens (primary N) is 1. The van der Waals surface area contributed by atoms with E-state index in [0.717, 1.165) is 6.42 Å². The summed E-state index contributed by atoms with van der Waals surface area (Å²) in [5.74, 6) is 0.404. The van der Waals surface area contributed by atoms with Crippen LogP contribution in [-0.4, -0.2) is 36.5 Å². The molecule has 0 saturated carbocycles. The molecule has 3 N–H and O–H groups in total. The number of nitrogens with one attached hydrogen (secondary N) is 1. The minimum absolute atomic E-state index is 0.0654. The van der Waals surface area contributed by atoms with Gasteiger partial charge in [0.25, 0.3) is 5.91 Å². The maximum absolute atomic E-state index is 12.4. The van der Waals surface area contributed by atoms with Crippen molar-refractivity contribution in [2.75, 3.05) is 19.6 Å². The first-order chi connectivity index (χ1) is 12.6. The number of imide groups is 1. The van der Waals surface area contributed by atoms with E-state index in [9.17, 15) is 9.59 Å². The molecule has 0 spiro atoms. The van der Waals surface area contributed by atoms with Crippen LogP contribution in [0.2, 0.25) is 0 Å². The first kappa shape index (κ1) is 18.6. The average molecular weight is 373 g/mol. The van der Waals surface area contributed by atoms with Gasteiger partial charge in [0, 0.05) is 18.7 Å². The molecule has 2 atom stereocenters. The summed E-state index contributed by atoms with van der Waals surface area (Å²) in [5, 5.41) is 6.75. The van der Waals surface area contributed by atoms with Crippen LogP contribution in [0, 0.1) is 0 Å². The number of quaternary nitrogens is 1. The second-order valence-corrected chi connectivity index (χ2v) is 7.67. The van der Waals surface area contributed by atoms with Crippen LogP contribution < -0.4 is 10.6 Å². The number of hydrogen-bond donors (Lipinski definition) is 2. The molecule has 1 aromatic heterocycles. The summed E-state index contributed by atoms with van der Waals surface area (Å²) in [4.78, 5) is 26.6. The summed E-state index contributed by atoms with van der Waals surface area (Å²) in [6.45, 7) is 5.68. The Kier molecular flexibility index (Phi) is 6.06. The molecule has 2 aromatic rings. The van der Waals surface area contributed by atoms with Crippen molar-refractivity contribution in [2.24, 2.45) is 0 Å². The number of hydrogen-bond acceptors (Lipinski definition) is 3. The molecule has 0 aliphatic carbocycles. The van der Waals surface area contributed by atoms with E-state index in [1.165, 1.54) is 20.9 Å². The zero-order valence-electron chi connectivity index (χ0n) is 15.3. The molecule has 1 fully saturated rings. The minimum Gasteiger partial charge on any atom is -0.336 e. The molecule has 6 heteroatoms. The fourth-order valence-corrected chi connectivity index (χ4v) is 4.04. The van der Waals surface area contributed by atoms with Crippen LogP contribution in [0.25, 0.3) is 0 Å². The highest BCUT2D eigenvalue weighted by Gasteiger charge is 2.28. The quantitative estimate of drug-likeness (QED) is 0.784. The van der Waals surface area contributed by atoms with Crippen LogP contribution in [0.1, 0.15) is 48.2 Å². The Labute approximate surface area is 158 Å². The monoisotopic (exact) mass is 372 g/mol. The van der Waals surface area contributed by atoms with Gasteiger partial charge in [-0.1, -0.05) is 44.2 Å². The average Bonchev–Trinajstić information content (AvgIpc) is 3.33. The third-order valence-corrected chi connectivity index (χ3v) is 5.97. The zero-order chi connectivity index (χ0) is 18.5. The molecule has 5 nitrogen and oxygen atoms in total. The SMILES string of the molecule is CC[C@H](C)c1ccc([C@H]([NH2+]CC(=O)N2CCNC2=O)c2cccs2)cc1. The van der Waals surface area contributed by atoms with Gasteiger partial charge in [-0.05, 0) is 29.3 Å². The van der Waals surface area contributed by atoms with Crippen molar-refractivity contribution >= 4 is 23.3 Å². The van der Waals surface area contributed by atoms with Gasteiger partial charge in [0.15, 0.2) is 6.54 Å². The predicted octanol–water partition coefficient (Wildman–Crippen LogP) is 2.47. The topological polar surface area (TPSA) is 66.0 Å². The molecule has 138 valence electrons. The molecule has 0 unspecified atom stereocenters. The number of urea groups is 1. The van der Waals surface area contributed by atoms with Gasteiger partial charge in [0.1, 0.15) is 6.04 Å². The molecule has 3 amide bonds. The summed E-state index contributed by atoms with van der Waals surface area (Å²) < 4.78 is 0. The Hall–Kier alpha value is -2.18. The van der Waals surface area contributed by atoms with Crippen molar-refractivity contribution in [3.63, 3.8) is 0 Å². The molecule has 1 saturated heterocycles. The van der Waals surface area contributed by atoms with E-state index >= 15 is 0 Å². The van der Waals surface area contributed by atoms with Crippen LogP contribution in [0.4, 0.5) is 4.79 Å². The smallest absolute Gasteiger partial charge is 0.324 e. The molecular formula is C20H26N3O2S+. The Balaban J connectivity index is 1.74. The molecule has 1 aromatic carbocycles. The van der Waals surface area contributed by atoms with Crippen molar-refractivity contribution in [2.45, 2.75) is 32.2 Å². The van der Waals surface area contributed by atoms with Crippen LogP contribution in [-0.2, 0) is 4.79 Å². The van der Waals surface area contributed by atoms with Gasteiger partial charge in [-0.3, -0.25) is 9.69 Å². The van der Waals surface area contributed by atoms with Crippen molar-refractivity contribution in [1.82, 2.24) is 10.2 Å². The summed E-state index contributed by atoms with van der Waals surface area (Å²) in [6.07, 6.45) is 1.12. The van der Waals surface area contributed by atoms with E-state index in [1.54, 1.807) is 11.3 Å².